The number of rotatable bonds is 6. The summed E-state index contributed by atoms with van der Waals surface area (Å²) in [5, 5.41) is 3.72. The summed E-state index contributed by atoms with van der Waals surface area (Å²) in [6.45, 7) is 2.23. The molecule has 1 N–H and O–H groups in total. The summed E-state index contributed by atoms with van der Waals surface area (Å²) < 4.78 is 1.10. The fraction of sp³-hybridized carbons (Fsp3) is 0.333. The van der Waals surface area contributed by atoms with Crippen LogP contribution in [-0.4, -0.2) is 14.1 Å². The maximum atomic E-state index is 3.72. The Balaban J connectivity index is 2.31. The van der Waals surface area contributed by atoms with Gasteiger partial charge in [-0.25, -0.2) is 0 Å². The van der Waals surface area contributed by atoms with Gasteiger partial charge in [0.25, 0.3) is 0 Å². The molecule has 2 nitrogen and oxygen atoms in total. The van der Waals surface area contributed by atoms with Crippen molar-refractivity contribution in [1.29, 1.82) is 0 Å². The van der Waals surface area contributed by atoms with Crippen LogP contribution in [0.5, 0.6) is 0 Å². The van der Waals surface area contributed by atoms with Crippen LogP contribution >= 0.6 is 15.9 Å². The van der Waals surface area contributed by atoms with Crippen molar-refractivity contribution < 1.29 is 0 Å². The van der Waals surface area contributed by atoms with Gasteiger partial charge in [-0.15, -0.1) is 0 Å². The average molecular weight is 347 g/mol. The molecule has 1 atom stereocenters. The van der Waals surface area contributed by atoms with E-state index in [4.69, 9.17) is 0 Å². The smallest absolute Gasteiger partial charge is 0.0597 e. The van der Waals surface area contributed by atoms with Gasteiger partial charge in [-0.05, 0) is 30.2 Å². The van der Waals surface area contributed by atoms with Crippen molar-refractivity contribution in [3.63, 3.8) is 0 Å². The molecule has 1 unspecified atom stereocenters. The Morgan fingerprint density at radius 1 is 1.10 bits per heavy atom. The van der Waals surface area contributed by atoms with Crippen LogP contribution in [0.25, 0.3) is 0 Å². The van der Waals surface area contributed by atoms with Gasteiger partial charge < -0.3 is 10.2 Å². The summed E-state index contributed by atoms with van der Waals surface area (Å²) in [6.07, 6.45) is 2.27. The van der Waals surface area contributed by atoms with Crippen LogP contribution in [0.4, 0.5) is 11.4 Å². The molecular weight excluding hydrogens is 324 g/mol. The van der Waals surface area contributed by atoms with Gasteiger partial charge in [-0.2, -0.15) is 0 Å². The lowest BCUT2D eigenvalue weighted by molar-refractivity contribution is 0.677. The monoisotopic (exact) mass is 346 g/mol. The highest BCUT2D eigenvalue weighted by Crippen LogP contribution is 2.32. The number of benzene rings is 2. The third-order valence-electron chi connectivity index (χ3n) is 3.55. The highest BCUT2D eigenvalue weighted by Gasteiger charge is 2.13. The molecule has 0 aromatic heterocycles. The molecule has 0 heterocycles. The molecule has 0 saturated carbocycles. The van der Waals surface area contributed by atoms with Crippen molar-refractivity contribution in [2.45, 2.75) is 25.8 Å². The van der Waals surface area contributed by atoms with Gasteiger partial charge in [-0.1, -0.05) is 59.6 Å². The lowest BCUT2D eigenvalue weighted by Gasteiger charge is -2.24. The van der Waals surface area contributed by atoms with Crippen LogP contribution in [0.15, 0.2) is 53.0 Å². The summed E-state index contributed by atoms with van der Waals surface area (Å²) in [4.78, 5) is 2.14. The van der Waals surface area contributed by atoms with Gasteiger partial charge in [-0.3, -0.25) is 0 Å². The molecule has 0 aliphatic carbocycles. The first-order chi connectivity index (χ1) is 10.1. The van der Waals surface area contributed by atoms with Gasteiger partial charge >= 0.3 is 0 Å². The lowest BCUT2D eigenvalue weighted by Crippen LogP contribution is -2.15. The van der Waals surface area contributed by atoms with E-state index in [2.05, 4.69) is 95.7 Å². The zero-order valence-electron chi connectivity index (χ0n) is 12.9. The minimum absolute atomic E-state index is 0.337. The first-order valence-corrected chi connectivity index (χ1v) is 8.19. The third kappa shape index (κ3) is 4.24. The second kappa shape index (κ2) is 7.51. The van der Waals surface area contributed by atoms with Crippen LogP contribution in [0, 0.1) is 0 Å². The van der Waals surface area contributed by atoms with Crippen molar-refractivity contribution in [3.05, 3.63) is 58.6 Å². The van der Waals surface area contributed by atoms with E-state index >= 15 is 0 Å². The third-order valence-corrected chi connectivity index (χ3v) is 4.04. The topological polar surface area (TPSA) is 15.3 Å². The Morgan fingerprint density at radius 3 is 2.43 bits per heavy atom. The van der Waals surface area contributed by atoms with Crippen LogP contribution in [0.1, 0.15) is 31.4 Å². The molecule has 21 heavy (non-hydrogen) atoms. The van der Waals surface area contributed by atoms with Crippen molar-refractivity contribution in [1.82, 2.24) is 0 Å². The first kappa shape index (κ1) is 15.9. The number of halogens is 1. The quantitative estimate of drug-likeness (QED) is 0.746. The normalized spacial score (nSPS) is 12.0. The number of nitrogens with one attached hydrogen (secondary N) is 1. The molecule has 0 saturated heterocycles. The van der Waals surface area contributed by atoms with E-state index in [0.29, 0.717) is 6.04 Å². The van der Waals surface area contributed by atoms with E-state index in [1.807, 2.05) is 0 Å². The maximum absolute atomic E-state index is 3.72. The predicted octanol–water partition coefficient (Wildman–Crippen LogP) is 5.47. The summed E-state index contributed by atoms with van der Waals surface area (Å²) in [5.74, 6) is 0. The molecule has 0 radical (unpaired) electrons. The fourth-order valence-corrected chi connectivity index (χ4v) is 2.86. The highest BCUT2D eigenvalue weighted by atomic mass is 79.9. The molecule has 0 amide bonds. The van der Waals surface area contributed by atoms with Crippen molar-refractivity contribution >= 4 is 27.3 Å². The van der Waals surface area contributed by atoms with Gasteiger partial charge in [0.1, 0.15) is 0 Å². The fourth-order valence-electron chi connectivity index (χ4n) is 2.50. The summed E-state index contributed by atoms with van der Waals surface area (Å²) in [6, 6.07) is 17.4. The molecule has 0 bridgehead atoms. The Labute approximate surface area is 136 Å². The van der Waals surface area contributed by atoms with Crippen LogP contribution in [0.2, 0.25) is 0 Å². The molecule has 3 heteroatoms. The van der Waals surface area contributed by atoms with E-state index in [-0.39, 0.29) is 0 Å². The van der Waals surface area contributed by atoms with E-state index in [1.54, 1.807) is 0 Å². The SMILES string of the molecule is CCCC(Nc1cc(Br)ccc1N(C)C)c1ccccc1. The Bertz CT molecular complexity index is 567. The first-order valence-electron chi connectivity index (χ1n) is 7.40. The number of nitrogens with zero attached hydrogens (tertiary/aromatic N) is 1. The van der Waals surface area contributed by atoms with Gasteiger partial charge in [0.15, 0.2) is 0 Å². The molecule has 0 aliphatic heterocycles. The van der Waals surface area contributed by atoms with E-state index < -0.39 is 0 Å². The van der Waals surface area contributed by atoms with Gasteiger partial charge in [0.2, 0.25) is 0 Å². The average Bonchev–Trinajstić information content (AvgIpc) is 2.47. The molecule has 2 rings (SSSR count). The minimum Gasteiger partial charge on any atom is -0.377 e. The van der Waals surface area contributed by atoms with Gasteiger partial charge in [0, 0.05) is 18.6 Å². The largest absolute Gasteiger partial charge is 0.377 e. The Morgan fingerprint density at radius 2 is 1.81 bits per heavy atom. The molecular formula is C18H23BrN2. The van der Waals surface area contributed by atoms with Crippen molar-refractivity contribution in [3.8, 4) is 0 Å². The van der Waals surface area contributed by atoms with Gasteiger partial charge in [0.05, 0.1) is 17.4 Å². The predicted molar refractivity (Wildman–Crippen MR) is 96.2 cm³/mol. The number of hydrogen-bond acceptors (Lipinski definition) is 2. The summed E-state index contributed by atoms with van der Waals surface area (Å²) in [7, 11) is 4.15. The summed E-state index contributed by atoms with van der Waals surface area (Å²) >= 11 is 3.57. The minimum atomic E-state index is 0.337. The lowest BCUT2D eigenvalue weighted by atomic mass is 10.0. The second-order valence-corrected chi connectivity index (χ2v) is 6.37. The molecule has 0 spiro atoms. The molecule has 0 aliphatic rings. The van der Waals surface area contributed by atoms with Crippen LogP contribution < -0.4 is 10.2 Å². The van der Waals surface area contributed by atoms with E-state index in [0.717, 1.165) is 23.0 Å². The Hall–Kier alpha value is -1.48. The molecule has 0 fully saturated rings. The number of anilines is 2. The Kier molecular flexibility index (Phi) is 5.68. The molecule has 112 valence electrons. The van der Waals surface area contributed by atoms with E-state index in [1.165, 1.54) is 11.3 Å². The standard InChI is InChI=1S/C18H23BrN2/c1-4-8-16(14-9-6-5-7-10-14)20-17-13-15(19)11-12-18(17)21(2)3/h5-7,9-13,16,20H,4,8H2,1-3H3. The molecule has 2 aromatic rings. The van der Waals surface area contributed by atoms with E-state index in [9.17, 15) is 0 Å². The number of hydrogen-bond donors (Lipinski definition) is 1. The zero-order chi connectivity index (χ0) is 15.2. The van der Waals surface area contributed by atoms with Crippen molar-refractivity contribution in [2.24, 2.45) is 0 Å². The maximum Gasteiger partial charge on any atom is 0.0597 e. The van der Waals surface area contributed by atoms with Crippen molar-refractivity contribution in [2.75, 3.05) is 24.3 Å². The highest BCUT2D eigenvalue weighted by molar-refractivity contribution is 9.10. The molecule has 2 aromatic carbocycles. The summed E-state index contributed by atoms with van der Waals surface area (Å²) in [5.41, 5.74) is 3.70. The van der Waals surface area contributed by atoms with Crippen LogP contribution in [0.3, 0.4) is 0 Å². The zero-order valence-corrected chi connectivity index (χ0v) is 14.5. The van der Waals surface area contributed by atoms with Crippen LogP contribution in [-0.2, 0) is 0 Å². The second-order valence-electron chi connectivity index (χ2n) is 5.45.